The Morgan fingerprint density at radius 3 is 2.54 bits per heavy atom. The highest BCUT2D eigenvalue weighted by molar-refractivity contribution is 5.59. The van der Waals surface area contributed by atoms with Crippen LogP contribution in [0.1, 0.15) is 11.4 Å². The predicted molar refractivity (Wildman–Crippen MR) is 95.0 cm³/mol. The van der Waals surface area contributed by atoms with Gasteiger partial charge in [0, 0.05) is 25.3 Å². The highest BCUT2D eigenvalue weighted by Crippen LogP contribution is 2.20. The Hall–Kier alpha value is -2.95. The van der Waals surface area contributed by atoms with Gasteiger partial charge in [0.05, 0.1) is 0 Å². The van der Waals surface area contributed by atoms with Crippen molar-refractivity contribution in [1.29, 1.82) is 0 Å². The molecule has 122 valence electrons. The van der Waals surface area contributed by atoms with E-state index in [0.717, 1.165) is 12.4 Å². The van der Waals surface area contributed by atoms with Gasteiger partial charge in [-0.3, -0.25) is 0 Å². The molecule has 0 atom stereocenters. The Balaban J connectivity index is 1.80. The van der Waals surface area contributed by atoms with Gasteiger partial charge in [0.25, 0.3) is 0 Å². The molecule has 5 heteroatoms. The van der Waals surface area contributed by atoms with Gasteiger partial charge in [-0.15, -0.1) is 0 Å². The lowest BCUT2D eigenvalue weighted by Gasteiger charge is -2.19. The van der Waals surface area contributed by atoms with Crippen LogP contribution in [0.3, 0.4) is 0 Å². The quantitative estimate of drug-likeness (QED) is 0.760. The number of rotatable bonds is 5. The largest absolute Gasteiger partial charge is 0.355 e. The van der Waals surface area contributed by atoms with E-state index in [-0.39, 0.29) is 5.82 Å². The number of anilines is 3. The summed E-state index contributed by atoms with van der Waals surface area (Å²) in [6, 6.07) is 18.4. The van der Waals surface area contributed by atoms with Crippen molar-refractivity contribution < 1.29 is 4.39 Å². The van der Waals surface area contributed by atoms with Crippen LogP contribution in [0.25, 0.3) is 0 Å². The molecular formula is C19H19FN4. The molecule has 0 aliphatic heterocycles. The molecular weight excluding hydrogens is 303 g/mol. The summed E-state index contributed by atoms with van der Waals surface area (Å²) in [4.78, 5) is 10.9. The minimum atomic E-state index is -0.285. The first-order chi connectivity index (χ1) is 11.6. The Bertz CT molecular complexity index is 821. The van der Waals surface area contributed by atoms with E-state index in [9.17, 15) is 4.39 Å². The average Bonchev–Trinajstić information content (AvgIpc) is 2.55. The van der Waals surface area contributed by atoms with Crippen molar-refractivity contribution >= 4 is 17.3 Å². The second-order valence-corrected chi connectivity index (χ2v) is 5.64. The fraction of sp³-hybridized carbons (Fsp3) is 0.158. The second kappa shape index (κ2) is 7.08. The summed E-state index contributed by atoms with van der Waals surface area (Å²) < 4.78 is 13.3. The smallest absolute Gasteiger partial charge is 0.136 e. The monoisotopic (exact) mass is 322 g/mol. The molecule has 1 heterocycles. The zero-order chi connectivity index (χ0) is 16.9. The van der Waals surface area contributed by atoms with Crippen LogP contribution in [-0.4, -0.2) is 17.0 Å². The zero-order valence-corrected chi connectivity index (χ0v) is 13.7. The normalized spacial score (nSPS) is 10.5. The zero-order valence-electron chi connectivity index (χ0n) is 13.7. The topological polar surface area (TPSA) is 41.1 Å². The molecule has 1 N–H and O–H groups in total. The number of halogens is 1. The molecule has 0 amide bonds. The van der Waals surface area contributed by atoms with Crippen LogP contribution < -0.4 is 10.2 Å². The number of nitrogens with zero attached hydrogens (tertiary/aromatic N) is 3. The first kappa shape index (κ1) is 15.9. The van der Waals surface area contributed by atoms with Crippen LogP contribution in [0, 0.1) is 12.7 Å². The summed E-state index contributed by atoms with van der Waals surface area (Å²) in [7, 11) is 1.99. The summed E-state index contributed by atoms with van der Waals surface area (Å²) in [5, 5.41) is 3.13. The summed E-state index contributed by atoms with van der Waals surface area (Å²) in [6.07, 6.45) is 0. The maximum absolute atomic E-state index is 13.3. The molecule has 2 aromatic carbocycles. The third-order valence-corrected chi connectivity index (χ3v) is 3.58. The lowest BCUT2D eigenvalue weighted by molar-refractivity contribution is 0.628. The van der Waals surface area contributed by atoms with Crippen molar-refractivity contribution in [3.8, 4) is 0 Å². The Labute approximate surface area is 141 Å². The first-order valence-electron chi connectivity index (χ1n) is 7.73. The molecule has 1 aromatic heterocycles. The van der Waals surface area contributed by atoms with Crippen molar-refractivity contribution in [2.75, 3.05) is 17.3 Å². The number of aryl methyl sites for hydroxylation is 1. The number of benzene rings is 2. The van der Waals surface area contributed by atoms with Gasteiger partial charge in [0.2, 0.25) is 0 Å². The maximum Gasteiger partial charge on any atom is 0.136 e. The number of nitrogens with one attached hydrogen (secondary N) is 1. The van der Waals surface area contributed by atoms with Crippen LogP contribution in [0.15, 0.2) is 60.7 Å². The minimum Gasteiger partial charge on any atom is -0.355 e. The highest BCUT2D eigenvalue weighted by atomic mass is 19.1. The molecule has 0 bridgehead atoms. The molecule has 4 nitrogen and oxygen atoms in total. The van der Waals surface area contributed by atoms with E-state index < -0.39 is 0 Å². The van der Waals surface area contributed by atoms with E-state index in [1.807, 2.05) is 38.2 Å². The van der Waals surface area contributed by atoms with Gasteiger partial charge in [-0.1, -0.05) is 36.4 Å². The van der Waals surface area contributed by atoms with E-state index in [1.165, 1.54) is 17.7 Å². The van der Waals surface area contributed by atoms with Crippen molar-refractivity contribution in [3.05, 3.63) is 77.9 Å². The first-order valence-corrected chi connectivity index (χ1v) is 7.73. The van der Waals surface area contributed by atoms with Gasteiger partial charge in [-0.25, -0.2) is 14.4 Å². The molecule has 3 aromatic rings. The molecule has 24 heavy (non-hydrogen) atoms. The van der Waals surface area contributed by atoms with Crippen LogP contribution in [-0.2, 0) is 6.54 Å². The standard InChI is InChI=1S/C19H19FN4/c1-14-21-18(23-17-10-6-9-16(20)11-17)12-19(22-14)24(2)13-15-7-4-3-5-8-15/h3-12H,13H2,1-2H3,(H,21,22,23). The molecule has 0 spiro atoms. The van der Waals surface area contributed by atoms with Gasteiger partial charge in [0.15, 0.2) is 0 Å². The van der Waals surface area contributed by atoms with Crippen molar-refractivity contribution in [1.82, 2.24) is 9.97 Å². The summed E-state index contributed by atoms with van der Waals surface area (Å²) in [5.74, 6) is 1.83. The van der Waals surface area contributed by atoms with Gasteiger partial charge >= 0.3 is 0 Å². The average molecular weight is 322 g/mol. The fourth-order valence-electron chi connectivity index (χ4n) is 2.46. The minimum absolute atomic E-state index is 0.285. The summed E-state index contributed by atoms with van der Waals surface area (Å²) in [6.45, 7) is 2.59. The van der Waals surface area contributed by atoms with Crippen LogP contribution >= 0.6 is 0 Å². The fourth-order valence-corrected chi connectivity index (χ4v) is 2.46. The molecule has 0 fully saturated rings. The SMILES string of the molecule is Cc1nc(Nc2cccc(F)c2)cc(N(C)Cc2ccccc2)n1. The summed E-state index contributed by atoms with van der Waals surface area (Å²) >= 11 is 0. The van der Waals surface area contributed by atoms with Gasteiger partial charge in [0.1, 0.15) is 23.3 Å². The maximum atomic E-state index is 13.3. The molecule has 3 rings (SSSR count). The molecule has 0 radical (unpaired) electrons. The number of hydrogen-bond acceptors (Lipinski definition) is 4. The van der Waals surface area contributed by atoms with Gasteiger partial charge < -0.3 is 10.2 Å². The Morgan fingerprint density at radius 2 is 1.79 bits per heavy atom. The lowest BCUT2D eigenvalue weighted by Crippen LogP contribution is -2.18. The molecule has 0 aliphatic carbocycles. The van der Waals surface area contributed by atoms with Crippen LogP contribution in [0.2, 0.25) is 0 Å². The summed E-state index contributed by atoms with van der Waals surface area (Å²) in [5.41, 5.74) is 1.86. The van der Waals surface area contributed by atoms with Crippen molar-refractivity contribution in [2.45, 2.75) is 13.5 Å². The van der Waals surface area contributed by atoms with Crippen LogP contribution in [0.4, 0.5) is 21.7 Å². The number of hydrogen-bond donors (Lipinski definition) is 1. The van der Waals surface area contributed by atoms with Crippen LogP contribution in [0.5, 0.6) is 0 Å². The van der Waals surface area contributed by atoms with E-state index in [2.05, 4.69) is 32.3 Å². The molecule has 0 saturated heterocycles. The third kappa shape index (κ3) is 4.07. The number of aromatic nitrogens is 2. The molecule has 0 unspecified atom stereocenters. The Morgan fingerprint density at radius 1 is 1.00 bits per heavy atom. The highest BCUT2D eigenvalue weighted by Gasteiger charge is 2.08. The van der Waals surface area contributed by atoms with Crippen molar-refractivity contribution in [2.24, 2.45) is 0 Å². The van der Waals surface area contributed by atoms with E-state index in [1.54, 1.807) is 12.1 Å². The van der Waals surface area contributed by atoms with E-state index in [4.69, 9.17) is 0 Å². The second-order valence-electron chi connectivity index (χ2n) is 5.64. The van der Waals surface area contributed by atoms with E-state index >= 15 is 0 Å². The van der Waals surface area contributed by atoms with Gasteiger partial charge in [-0.05, 0) is 30.7 Å². The Kier molecular flexibility index (Phi) is 4.70. The molecule has 0 saturated carbocycles. The van der Waals surface area contributed by atoms with Gasteiger partial charge in [-0.2, -0.15) is 0 Å². The molecule has 0 aliphatic rings. The lowest BCUT2D eigenvalue weighted by atomic mass is 10.2. The van der Waals surface area contributed by atoms with E-state index in [0.29, 0.717) is 17.3 Å². The third-order valence-electron chi connectivity index (χ3n) is 3.58. The van der Waals surface area contributed by atoms with Crippen molar-refractivity contribution in [3.63, 3.8) is 0 Å². The predicted octanol–water partition coefficient (Wildman–Crippen LogP) is 4.30.